The summed E-state index contributed by atoms with van der Waals surface area (Å²) in [6.07, 6.45) is -0.847. The second-order valence-electron chi connectivity index (χ2n) is 7.06. The van der Waals surface area contributed by atoms with Crippen molar-refractivity contribution in [3.63, 3.8) is 0 Å². The average molecular weight is 369 g/mol. The first-order valence-electron chi connectivity index (χ1n) is 8.21. The number of hydrogen-bond donors (Lipinski definition) is 1. The Morgan fingerprint density at radius 2 is 1.69 bits per heavy atom. The van der Waals surface area contributed by atoms with E-state index in [1.54, 1.807) is 31.2 Å². The van der Waals surface area contributed by atoms with E-state index in [0.29, 0.717) is 10.6 Å². The maximum Gasteiger partial charge on any atom is 0.244 e. The molecule has 3 aliphatic rings. The number of benzene rings is 1. The topological polar surface area (TPSA) is 114 Å². The molecule has 3 fully saturated rings. The molecule has 2 bridgehead atoms. The van der Waals surface area contributed by atoms with Gasteiger partial charge in [-0.25, -0.2) is 0 Å². The highest BCUT2D eigenvalue weighted by atomic mass is 35.5. The van der Waals surface area contributed by atoms with Crippen molar-refractivity contribution in [2.75, 3.05) is 0 Å². The van der Waals surface area contributed by atoms with E-state index in [2.05, 4.69) is 12.1 Å². The molecule has 0 saturated carbocycles. The average Bonchev–Trinajstić information content (AvgIpc) is 2.63. The highest BCUT2D eigenvalue weighted by Crippen LogP contribution is 2.65. The Kier molecular flexibility index (Phi) is 4.00. The van der Waals surface area contributed by atoms with Gasteiger partial charge in [-0.05, 0) is 18.1 Å². The third-order valence-electron chi connectivity index (χ3n) is 5.56. The number of nitrogens with one attached hydrogen (secondary N) is 1. The summed E-state index contributed by atoms with van der Waals surface area (Å²) >= 11 is 5.98. The van der Waals surface area contributed by atoms with Crippen LogP contribution in [0.25, 0.3) is 0 Å². The fourth-order valence-corrected chi connectivity index (χ4v) is 4.30. The summed E-state index contributed by atoms with van der Waals surface area (Å²) < 4.78 is 12.1. The van der Waals surface area contributed by atoms with Gasteiger partial charge in [-0.1, -0.05) is 44.5 Å². The minimum absolute atomic E-state index is 0.223. The van der Waals surface area contributed by atoms with E-state index in [-0.39, 0.29) is 5.92 Å². The fraction of sp³-hybridized carbons (Fsp3) is 0.474. The number of rotatable bonds is 2. The van der Waals surface area contributed by atoms with Crippen molar-refractivity contribution in [3.05, 3.63) is 34.9 Å². The highest BCUT2D eigenvalue weighted by Gasteiger charge is 2.79. The largest absolute Gasteiger partial charge is 0.443 e. The van der Waals surface area contributed by atoms with Gasteiger partial charge in [0.15, 0.2) is 10.8 Å². The third-order valence-corrected chi connectivity index (χ3v) is 5.82. The van der Waals surface area contributed by atoms with Crippen LogP contribution in [-0.2, 0) is 15.3 Å². The van der Waals surface area contributed by atoms with Crippen LogP contribution in [0.1, 0.15) is 26.3 Å². The van der Waals surface area contributed by atoms with Crippen molar-refractivity contribution >= 4 is 17.5 Å². The molecule has 4 rings (SSSR count). The Morgan fingerprint density at radius 3 is 2.15 bits per heavy atom. The maximum absolute atomic E-state index is 10.0. The van der Waals surface area contributed by atoms with E-state index < -0.39 is 34.5 Å². The molecule has 1 aromatic rings. The predicted molar refractivity (Wildman–Crippen MR) is 92.5 cm³/mol. The van der Waals surface area contributed by atoms with Crippen LogP contribution >= 0.6 is 11.6 Å². The Morgan fingerprint density at radius 1 is 1.12 bits per heavy atom. The molecule has 1 N–H and O–H groups in total. The zero-order valence-corrected chi connectivity index (χ0v) is 15.3. The Balaban J connectivity index is 2.36. The first kappa shape index (κ1) is 18.2. The van der Waals surface area contributed by atoms with Gasteiger partial charge in [0.25, 0.3) is 0 Å². The molecular weight excluding hydrogens is 352 g/mol. The van der Waals surface area contributed by atoms with Crippen LogP contribution in [0.4, 0.5) is 0 Å². The quantitative estimate of drug-likeness (QED) is 0.854. The molecule has 7 heteroatoms. The van der Waals surface area contributed by atoms with Crippen LogP contribution in [0.5, 0.6) is 0 Å². The van der Waals surface area contributed by atoms with E-state index in [0.717, 1.165) is 0 Å². The van der Waals surface area contributed by atoms with Gasteiger partial charge >= 0.3 is 0 Å². The first-order valence-corrected chi connectivity index (χ1v) is 8.59. The van der Waals surface area contributed by atoms with Gasteiger partial charge in [-0.2, -0.15) is 15.8 Å². The van der Waals surface area contributed by atoms with Crippen LogP contribution in [0, 0.1) is 62.1 Å². The van der Waals surface area contributed by atoms with Crippen LogP contribution in [0.15, 0.2) is 24.3 Å². The molecule has 0 spiro atoms. The summed E-state index contributed by atoms with van der Waals surface area (Å²) in [6.45, 7) is 5.31. The van der Waals surface area contributed by atoms with E-state index in [4.69, 9.17) is 26.5 Å². The van der Waals surface area contributed by atoms with Crippen LogP contribution < -0.4 is 0 Å². The van der Waals surface area contributed by atoms with Crippen molar-refractivity contribution in [2.24, 2.45) is 22.7 Å². The van der Waals surface area contributed by atoms with Crippen molar-refractivity contribution < 1.29 is 9.47 Å². The molecule has 6 nitrogen and oxygen atoms in total. The molecule has 4 atom stereocenters. The van der Waals surface area contributed by atoms with Crippen molar-refractivity contribution in [1.82, 2.24) is 0 Å². The standard InChI is InChI=1S/C19H17ClN4O2/c1-11(2)15-18(10-23)16(24)26-19(25-15,12(3)17(18,8-21)9-22)13-4-6-14(20)7-5-13/h4-7,11-12,15,24H,1-3H3. The number of ether oxygens (including phenoxy) is 2. The van der Waals surface area contributed by atoms with Gasteiger partial charge in [0, 0.05) is 10.6 Å². The second-order valence-corrected chi connectivity index (χ2v) is 7.50. The summed E-state index contributed by atoms with van der Waals surface area (Å²) in [5, 5.41) is 39.0. The van der Waals surface area contributed by atoms with Gasteiger partial charge in [0.1, 0.15) is 0 Å². The molecule has 1 aromatic carbocycles. The van der Waals surface area contributed by atoms with Gasteiger partial charge < -0.3 is 9.47 Å². The minimum Gasteiger partial charge on any atom is -0.443 e. The zero-order chi connectivity index (χ0) is 19.3. The van der Waals surface area contributed by atoms with E-state index in [9.17, 15) is 15.8 Å². The van der Waals surface area contributed by atoms with Crippen molar-refractivity contribution in [3.8, 4) is 18.2 Å². The zero-order valence-electron chi connectivity index (χ0n) is 14.6. The SMILES string of the molecule is CC(C)C1OC2(c3ccc(Cl)cc3)OC(=N)C1(C#N)C(C#N)(C#N)C2C. The van der Waals surface area contributed by atoms with Crippen LogP contribution in [-0.4, -0.2) is 12.0 Å². The summed E-state index contributed by atoms with van der Waals surface area (Å²) in [4.78, 5) is 0. The smallest absolute Gasteiger partial charge is 0.244 e. The lowest BCUT2D eigenvalue weighted by Gasteiger charge is -2.62. The molecule has 4 unspecified atom stereocenters. The monoisotopic (exact) mass is 368 g/mol. The summed E-state index contributed by atoms with van der Waals surface area (Å²) in [6, 6.07) is 12.8. The number of halogens is 1. The van der Waals surface area contributed by atoms with Gasteiger partial charge in [-0.3, -0.25) is 5.41 Å². The predicted octanol–water partition coefficient (Wildman–Crippen LogP) is 3.73. The van der Waals surface area contributed by atoms with Gasteiger partial charge in [-0.15, -0.1) is 0 Å². The number of hydrogen-bond acceptors (Lipinski definition) is 6. The molecular formula is C19H17ClN4O2. The number of nitriles is 3. The van der Waals surface area contributed by atoms with Gasteiger partial charge in [0.05, 0.1) is 30.2 Å². The van der Waals surface area contributed by atoms with E-state index in [1.807, 2.05) is 19.9 Å². The summed E-state index contributed by atoms with van der Waals surface area (Å²) in [5.41, 5.74) is -3.03. The Labute approximate surface area is 157 Å². The molecule has 0 amide bonds. The number of nitrogens with zero attached hydrogens (tertiary/aromatic N) is 3. The molecule has 3 aliphatic heterocycles. The van der Waals surface area contributed by atoms with Crippen LogP contribution in [0.2, 0.25) is 5.02 Å². The molecule has 3 saturated heterocycles. The van der Waals surface area contributed by atoms with E-state index in [1.165, 1.54) is 0 Å². The Hall–Kier alpha value is -2.59. The molecule has 0 aromatic heterocycles. The first-order chi connectivity index (χ1) is 12.3. The third kappa shape index (κ3) is 1.85. The fourth-order valence-electron chi connectivity index (χ4n) is 4.18. The lowest BCUT2D eigenvalue weighted by Crippen LogP contribution is -2.74. The number of fused-ring (bicyclic) bond motifs is 3. The molecule has 132 valence electrons. The van der Waals surface area contributed by atoms with E-state index >= 15 is 0 Å². The molecule has 26 heavy (non-hydrogen) atoms. The highest BCUT2D eigenvalue weighted by molar-refractivity contribution is 6.30. The summed E-state index contributed by atoms with van der Waals surface area (Å²) in [5.74, 6) is -2.95. The van der Waals surface area contributed by atoms with Crippen LogP contribution in [0.3, 0.4) is 0 Å². The molecule has 3 heterocycles. The summed E-state index contributed by atoms with van der Waals surface area (Å²) in [7, 11) is 0. The molecule has 0 radical (unpaired) electrons. The van der Waals surface area contributed by atoms with Crippen molar-refractivity contribution in [1.29, 1.82) is 21.2 Å². The lowest BCUT2D eigenvalue weighted by atomic mass is 9.50. The minimum atomic E-state index is -1.79. The second kappa shape index (κ2) is 5.71. The normalized spacial score (nSPS) is 34.5. The molecule has 0 aliphatic carbocycles. The lowest BCUT2D eigenvalue weighted by molar-refractivity contribution is -0.360. The van der Waals surface area contributed by atoms with Gasteiger partial charge in [0.2, 0.25) is 11.7 Å². The Bertz CT molecular complexity index is 878. The maximum atomic E-state index is 10.0. The van der Waals surface area contributed by atoms with Crippen molar-refractivity contribution in [2.45, 2.75) is 32.7 Å².